The minimum Gasteiger partial charge on any atom is -0.487 e. The van der Waals surface area contributed by atoms with Gasteiger partial charge in [-0.3, -0.25) is 14.4 Å². The molecular formula is C34H35Cl4N5O4. The fraction of sp³-hybridized carbons (Fsp3) is 0.235. The van der Waals surface area contributed by atoms with E-state index in [4.69, 9.17) is 27.9 Å². The van der Waals surface area contributed by atoms with Crippen molar-refractivity contribution in [1.82, 2.24) is 15.6 Å². The number of likely N-dealkylation sites (N-methyl/N-ethyl adjacent to an activating group) is 1. The molecule has 248 valence electrons. The number of aryl methyl sites for hydroxylation is 1. The topological polar surface area (TPSA) is 113 Å². The summed E-state index contributed by atoms with van der Waals surface area (Å²) in [6, 6.07) is 19.9. The van der Waals surface area contributed by atoms with Crippen molar-refractivity contribution in [2.24, 2.45) is 0 Å². The molecule has 1 atom stereocenters. The highest BCUT2D eigenvalue weighted by molar-refractivity contribution is 6.38. The molecule has 13 heteroatoms. The highest BCUT2D eigenvalue weighted by Crippen LogP contribution is 2.35. The molecule has 3 N–H and O–H groups in total. The number of halogens is 4. The molecular weight excluding hydrogens is 684 g/mol. The smallest absolute Gasteiger partial charge is 0.246 e. The molecule has 0 aliphatic carbocycles. The van der Waals surface area contributed by atoms with E-state index in [0.717, 1.165) is 41.5 Å². The first-order chi connectivity index (χ1) is 21.7. The van der Waals surface area contributed by atoms with Gasteiger partial charge in [-0.05, 0) is 74.3 Å². The van der Waals surface area contributed by atoms with Gasteiger partial charge in [0.2, 0.25) is 17.7 Å². The highest BCUT2D eigenvalue weighted by Gasteiger charge is 2.22. The third kappa shape index (κ3) is 9.59. The maximum absolute atomic E-state index is 13.0. The fourth-order valence-electron chi connectivity index (χ4n) is 4.92. The van der Waals surface area contributed by atoms with E-state index in [1.165, 1.54) is 11.0 Å². The summed E-state index contributed by atoms with van der Waals surface area (Å²) in [5, 5.41) is 10.3. The van der Waals surface area contributed by atoms with E-state index >= 15 is 0 Å². The second kappa shape index (κ2) is 17.3. The van der Waals surface area contributed by atoms with Crippen LogP contribution in [-0.4, -0.2) is 48.9 Å². The van der Waals surface area contributed by atoms with Crippen LogP contribution in [0, 0.1) is 6.92 Å². The number of nitrogens with zero attached hydrogens (tertiary/aromatic N) is 2. The van der Waals surface area contributed by atoms with E-state index in [2.05, 4.69) is 20.9 Å². The highest BCUT2D eigenvalue weighted by atomic mass is 35.5. The summed E-state index contributed by atoms with van der Waals surface area (Å²) in [5.74, 6) is -0.272. The molecule has 1 saturated heterocycles. The maximum Gasteiger partial charge on any atom is 0.246 e. The SMILES string of the molecule is Cc1ccc2cccc(OCc3c(Cl)ccc(N(C)C(=O)CNC(=O)/C=C/c4ccc(NC(=O)[C@@H]5CCCN5)cc4)c3Cl)c2n1.Cl.Cl. The molecule has 2 heterocycles. The van der Waals surface area contributed by atoms with Gasteiger partial charge in [0.1, 0.15) is 17.9 Å². The summed E-state index contributed by atoms with van der Waals surface area (Å²) in [5.41, 5.74) is 4.00. The Kier molecular flexibility index (Phi) is 13.9. The van der Waals surface area contributed by atoms with Crippen molar-refractivity contribution in [2.75, 3.05) is 30.4 Å². The molecule has 1 fully saturated rings. The molecule has 3 amide bonds. The first-order valence-electron chi connectivity index (χ1n) is 14.5. The van der Waals surface area contributed by atoms with Gasteiger partial charge >= 0.3 is 0 Å². The molecule has 5 rings (SSSR count). The zero-order valence-electron chi connectivity index (χ0n) is 25.7. The van der Waals surface area contributed by atoms with Crippen molar-refractivity contribution in [3.05, 3.63) is 99.7 Å². The van der Waals surface area contributed by atoms with E-state index in [1.54, 1.807) is 49.5 Å². The third-order valence-corrected chi connectivity index (χ3v) is 8.27. The monoisotopic (exact) mass is 717 g/mol. The minimum atomic E-state index is -0.434. The Hall–Kier alpha value is -3.86. The Bertz CT molecular complexity index is 1760. The Balaban J connectivity index is 0.00000300. The number of fused-ring (bicyclic) bond motifs is 1. The lowest BCUT2D eigenvalue weighted by molar-refractivity contribution is -0.122. The van der Waals surface area contributed by atoms with Crippen LogP contribution in [0.1, 0.15) is 29.7 Å². The predicted octanol–water partition coefficient (Wildman–Crippen LogP) is 6.76. The molecule has 47 heavy (non-hydrogen) atoms. The number of amides is 3. The second-order valence-corrected chi connectivity index (χ2v) is 11.5. The van der Waals surface area contributed by atoms with Crippen molar-refractivity contribution >= 4 is 94.1 Å². The first-order valence-corrected chi connectivity index (χ1v) is 15.3. The second-order valence-electron chi connectivity index (χ2n) is 10.7. The van der Waals surface area contributed by atoms with Crippen LogP contribution in [0.5, 0.6) is 5.75 Å². The van der Waals surface area contributed by atoms with E-state index in [-0.39, 0.29) is 60.8 Å². The van der Waals surface area contributed by atoms with E-state index in [1.807, 2.05) is 37.3 Å². The van der Waals surface area contributed by atoms with Gasteiger partial charge in [0, 0.05) is 40.5 Å². The number of pyridine rings is 1. The number of anilines is 2. The van der Waals surface area contributed by atoms with Crippen LogP contribution in [0.3, 0.4) is 0 Å². The van der Waals surface area contributed by atoms with Gasteiger partial charge in [0.25, 0.3) is 0 Å². The number of hydrogen-bond acceptors (Lipinski definition) is 6. The van der Waals surface area contributed by atoms with Crippen molar-refractivity contribution in [3.63, 3.8) is 0 Å². The summed E-state index contributed by atoms with van der Waals surface area (Å²) >= 11 is 13.2. The standard InChI is InChI=1S/C34H33Cl2N5O4.2ClH/c1-21-8-12-23-5-3-7-29(33(23)39-21)45-20-25-26(35)15-16-28(32(25)36)41(2)31(43)19-38-30(42)17-11-22-9-13-24(14-10-22)40-34(44)27-6-4-18-37-27;;/h3,5,7-17,27,37H,4,6,18-20H2,1-2H3,(H,38,42)(H,40,44);2*1H/b17-11+;;/t27-;;/m0../s1. The number of para-hydroxylation sites is 1. The zero-order valence-corrected chi connectivity index (χ0v) is 28.9. The molecule has 1 aromatic heterocycles. The third-order valence-electron chi connectivity index (χ3n) is 7.49. The van der Waals surface area contributed by atoms with Gasteiger partial charge < -0.3 is 25.6 Å². The van der Waals surface area contributed by atoms with Crippen LogP contribution in [-0.2, 0) is 21.0 Å². The summed E-state index contributed by atoms with van der Waals surface area (Å²) in [6.45, 7) is 2.58. The van der Waals surface area contributed by atoms with Gasteiger partial charge in [0.05, 0.1) is 23.3 Å². The number of nitrogens with one attached hydrogen (secondary N) is 3. The molecule has 0 saturated carbocycles. The Morgan fingerprint density at radius 1 is 1.04 bits per heavy atom. The lowest BCUT2D eigenvalue weighted by Gasteiger charge is -2.21. The summed E-state index contributed by atoms with van der Waals surface area (Å²) in [4.78, 5) is 43.6. The van der Waals surface area contributed by atoms with Crippen LogP contribution in [0.2, 0.25) is 10.0 Å². The van der Waals surface area contributed by atoms with Gasteiger partial charge in [-0.1, -0.05) is 53.5 Å². The van der Waals surface area contributed by atoms with E-state index < -0.39 is 5.91 Å². The summed E-state index contributed by atoms with van der Waals surface area (Å²) in [7, 11) is 1.57. The average molecular weight is 719 g/mol. The average Bonchev–Trinajstić information content (AvgIpc) is 3.59. The molecule has 0 spiro atoms. The van der Waals surface area contributed by atoms with Crippen LogP contribution >= 0.6 is 48.0 Å². The first kappa shape index (κ1) is 37.6. The van der Waals surface area contributed by atoms with Crippen LogP contribution in [0.4, 0.5) is 11.4 Å². The number of rotatable bonds is 10. The maximum atomic E-state index is 13.0. The Morgan fingerprint density at radius 3 is 2.53 bits per heavy atom. The zero-order chi connectivity index (χ0) is 31.9. The Labute approximate surface area is 295 Å². The van der Waals surface area contributed by atoms with Crippen molar-refractivity contribution < 1.29 is 19.1 Å². The largest absolute Gasteiger partial charge is 0.487 e. The predicted molar refractivity (Wildman–Crippen MR) is 193 cm³/mol. The number of ether oxygens (including phenoxy) is 1. The quantitative estimate of drug-likeness (QED) is 0.156. The van der Waals surface area contributed by atoms with Crippen LogP contribution in [0.25, 0.3) is 17.0 Å². The van der Waals surface area contributed by atoms with Crippen molar-refractivity contribution in [2.45, 2.75) is 32.4 Å². The molecule has 3 aromatic carbocycles. The summed E-state index contributed by atoms with van der Waals surface area (Å²) in [6.07, 6.45) is 4.79. The molecule has 4 aromatic rings. The van der Waals surface area contributed by atoms with Gasteiger partial charge in [0.15, 0.2) is 0 Å². The number of hydrogen-bond donors (Lipinski definition) is 3. The van der Waals surface area contributed by atoms with E-state index in [9.17, 15) is 14.4 Å². The Morgan fingerprint density at radius 2 is 1.81 bits per heavy atom. The molecule has 0 bridgehead atoms. The number of benzene rings is 3. The molecule has 9 nitrogen and oxygen atoms in total. The van der Waals surface area contributed by atoms with Crippen LogP contribution in [0.15, 0.2) is 72.8 Å². The number of carbonyl (C=O) groups excluding carboxylic acids is 3. The number of carbonyl (C=O) groups is 3. The van der Waals surface area contributed by atoms with E-state index in [0.29, 0.717) is 27.7 Å². The fourth-order valence-corrected chi connectivity index (χ4v) is 5.53. The van der Waals surface area contributed by atoms with Crippen molar-refractivity contribution in [1.29, 1.82) is 0 Å². The molecule has 0 unspecified atom stereocenters. The van der Waals surface area contributed by atoms with Crippen molar-refractivity contribution in [3.8, 4) is 5.75 Å². The lowest BCUT2D eigenvalue weighted by Crippen LogP contribution is -2.37. The van der Waals surface area contributed by atoms with Crippen LogP contribution < -0.4 is 25.6 Å². The normalized spacial score (nSPS) is 13.8. The molecule has 1 aliphatic rings. The minimum absolute atomic E-state index is 0. The lowest BCUT2D eigenvalue weighted by atomic mass is 10.1. The molecule has 1 aliphatic heterocycles. The summed E-state index contributed by atoms with van der Waals surface area (Å²) < 4.78 is 6.08. The van der Waals surface area contributed by atoms with Gasteiger partial charge in [-0.2, -0.15) is 0 Å². The van der Waals surface area contributed by atoms with Gasteiger partial charge in [-0.25, -0.2) is 4.98 Å². The molecule has 0 radical (unpaired) electrons. The number of aromatic nitrogens is 1. The van der Waals surface area contributed by atoms with Gasteiger partial charge in [-0.15, -0.1) is 24.8 Å².